The molecule has 0 aliphatic carbocycles. The molecule has 2 aromatic heterocycles. The number of pyridine rings is 1. The third-order valence-corrected chi connectivity index (χ3v) is 4.15. The average molecular weight is 411 g/mol. The first-order valence-corrected chi connectivity index (χ1v) is 8.01. The van der Waals surface area contributed by atoms with Gasteiger partial charge in [0.2, 0.25) is 5.88 Å². The summed E-state index contributed by atoms with van der Waals surface area (Å²) in [4.78, 5) is 4.56. The summed E-state index contributed by atoms with van der Waals surface area (Å²) in [5, 5.41) is 3.15. The van der Waals surface area contributed by atoms with Gasteiger partial charge in [0.1, 0.15) is 17.1 Å². The summed E-state index contributed by atoms with van der Waals surface area (Å²) >= 11 is 6.94. The molecule has 0 saturated carbocycles. The Morgan fingerprint density at radius 3 is 2.86 bits per heavy atom. The molecule has 108 valence electrons. The molecule has 0 saturated heterocycles. The summed E-state index contributed by atoms with van der Waals surface area (Å²) in [6, 6.07) is 11.7. The Hall–Kier alpha value is -1.37. The third-order valence-electron chi connectivity index (χ3n) is 3.04. The Morgan fingerprint density at radius 2 is 2.10 bits per heavy atom. The van der Waals surface area contributed by atoms with Crippen molar-refractivity contribution in [2.75, 3.05) is 7.05 Å². The zero-order valence-corrected chi connectivity index (χ0v) is 14.5. The lowest BCUT2D eigenvalue weighted by Gasteiger charge is -2.08. The second-order valence-electron chi connectivity index (χ2n) is 4.50. The number of aromatic nitrogens is 2. The normalized spacial score (nSPS) is 11.0. The van der Waals surface area contributed by atoms with Crippen LogP contribution in [0.2, 0.25) is 0 Å². The van der Waals surface area contributed by atoms with E-state index in [1.165, 1.54) is 0 Å². The second kappa shape index (κ2) is 6.17. The summed E-state index contributed by atoms with van der Waals surface area (Å²) in [5.41, 5.74) is 1.86. The summed E-state index contributed by atoms with van der Waals surface area (Å²) in [6.45, 7) is 0.675. The van der Waals surface area contributed by atoms with Gasteiger partial charge in [-0.2, -0.15) is 4.98 Å². The molecule has 1 aromatic carbocycles. The molecule has 0 fully saturated rings. The number of rotatable bonds is 4. The largest absolute Gasteiger partial charge is 0.436 e. The van der Waals surface area contributed by atoms with Crippen molar-refractivity contribution in [2.24, 2.45) is 0 Å². The Labute approximate surface area is 139 Å². The summed E-state index contributed by atoms with van der Waals surface area (Å²) < 4.78 is 9.89. The first-order valence-electron chi connectivity index (χ1n) is 6.42. The number of ether oxygens (including phenoxy) is 1. The minimum Gasteiger partial charge on any atom is -0.436 e. The molecule has 0 bridgehead atoms. The molecule has 0 aliphatic rings. The van der Waals surface area contributed by atoms with E-state index in [0.29, 0.717) is 12.4 Å². The highest BCUT2D eigenvalue weighted by atomic mass is 79.9. The molecule has 0 aliphatic heterocycles. The highest BCUT2D eigenvalue weighted by molar-refractivity contribution is 9.11. The zero-order valence-electron chi connectivity index (χ0n) is 11.3. The molecule has 4 nitrogen and oxygen atoms in total. The van der Waals surface area contributed by atoms with E-state index < -0.39 is 0 Å². The molecular weight excluding hydrogens is 398 g/mol. The van der Waals surface area contributed by atoms with Gasteiger partial charge in [0.25, 0.3) is 0 Å². The van der Waals surface area contributed by atoms with Crippen molar-refractivity contribution in [1.82, 2.24) is 14.7 Å². The predicted molar refractivity (Wildman–Crippen MR) is 89.9 cm³/mol. The van der Waals surface area contributed by atoms with Crippen LogP contribution < -0.4 is 10.1 Å². The molecule has 1 N–H and O–H groups in total. The maximum absolute atomic E-state index is 5.99. The van der Waals surface area contributed by atoms with Crippen LogP contribution in [0.4, 0.5) is 0 Å². The fourth-order valence-electron chi connectivity index (χ4n) is 2.10. The van der Waals surface area contributed by atoms with Crippen molar-refractivity contribution in [3.63, 3.8) is 0 Å². The smallest absolute Gasteiger partial charge is 0.242 e. The zero-order chi connectivity index (χ0) is 14.8. The summed E-state index contributed by atoms with van der Waals surface area (Å²) in [5.74, 6) is 1.34. The van der Waals surface area contributed by atoms with E-state index >= 15 is 0 Å². The molecule has 0 amide bonds. The van der Waals surface area contributed by atoms with Gasteiger partial charge in [0.15, 0.2) is 0 Å². The molecule has 3 aromatic rings. The highest BCUT2D eigenvalue weighted by Gasteiger charge is 2.14. The van der Waals surface area contributed by atoms with Crippen molar-refractivity contribution in [1.29, 1.82) is 0 Å². The van der Waals surface area contributed by atoms with Crippen LogP contribution in [-0.4, -0.2) is 16.4 Å². The van der Waals surface area contributed by atoms with Crippen LogP contribution >= 0.6 is 31.9 Å². The van der Waals surface area contributed by atoms with Crippen LogP contribution in [0.25, 0.3) is 5.65 Å². The minimum absolute atomic E-state index is 0.610. The number of imidazole rings is 1. The van der Waals surface area contributed by atoms with Gasteiger partial charge in [-0.1, -0.05) is 22.0 Å². The minimum atomic E-state index is 0.610. The molecule has 0 unspecified atom stereocenters. The van der Waals surface area contributed by atoms with E-state index in [2.05, 4.69) is 42.2 Å². The number of nitrogens with one attached hydrogen (secondary N) is 1. The van der Waals surface area contributed by atoms with E-state index in [9.17, 15) is 0 Å². The second-order valence-corrected chi connectivity index (χ2v) is 6.27. The van der Waals surface area contributed by atoms with Crippen molar-refractivity contribution in [3.8, 4) is 11.6 Å². The number of fused-ring (bicyclic) bond motifs is 1. The lowest BCUT2D eigenvalue weighted by Crippen LogP contribution is -2.08. The molecule has 2 heterocycles. The molecule has 0 radical (unpaired) electrons. The van der Waals surface area contributed by atoms with Gasteiger partial charge >= 0.3 is 0 Å². The summed E-state index contributed by atoms with van der Waals surface area (Å²) in [6.07, 6.45) is 1.98. The van der Waals surface area contributed by atoms with Crippen molar-refractivity contribution < 1.29 is 4.74 Å². The van der Waals surface area contributed by atoms with Crippen LogP contribution in [0.3, 0.4) is 0 Å². The van der Waals surface area contributed by atoms with Gasteiger partial charge in [0, 0.05) is 17.2 Å². The van der Waals surface area contributed by atoms with Crippen LogP contribution in [-0.2, 0) is 6.54 Å². The van der Waals surface area contributed by atoms with E-state index in [0.717, 1.165) is 26.0 Å². The molecule has 0 atom stereocenters. The fourth-order valence-corrected chi connectivity index (χ4v) is 3.23. The van der Waals surface area contributed by atoms with Crippen LogP contribution in [0, 0.1) is 0 Å². The molecule has 6 heteroatoms. The Bertz CT molecular complexity index is 786. The number of benzene rings is 1. The maximum atomic E-state index is 5.99. The van der Waals surface area contributed by atoms with Gasteiger partial charge in [-0.05, 0) is 53.3 Å². The molecular formula is C15H13Br2N3O. The highest BCUT2D eigenvalue weighted by Crippen LogP contribution is 2.33. The quantitative estimate of drug-likeness (QED) is 0.693. The van der Waals surface area contributed by atoms with E-state index in [1.54, 1.807) is 0 Å². The fraction of sp³-hybridized carbons (Fsp3) is 0.133. The van der Waals surface area contributed by atoms with Crippen LogP contribution in [0.1, 0.15) is 5.69 Å². The Balaban J connectivity index is 2.05. The number of hydrogen-bond acceptors (Lipinski definition) is 3. The van der Waals surface area contributed by atoms with E-state index in [4.69, 9.17) is 4.74 Å². The van der Waals surface area contributed by atoms with Crippen molar-refractivity contribution >= 4 is 37.5 Å². The first-order chi connectivity index (χ1) is 10.2. The third kappa shape index (κ3) is 2.97. The standard InChI is InChI=1S/C15H13Br2N3O/c1-18-9-12-15(19-14-4-2-3-7-20(12)14)21-13-6-5-10(16)8-11(13)17/h2-8,18H,9H2,1H3. The van der Waals surface area contributed by atoms with Crippen LogP contribution in [0.5, 0.6) is 11.6 Å². The van der Waals surface area contributed by atoms with Crippen LogP contribution in [0.15, 0.2) is 51.5 Å². The molecule has 0 spiro atoms. The first kappa shape index (κ1) is 14.6. The van der Waals surface area contributed by atoms with Gasteiger partial charge in [-0.15, -0.1) is 0 Å². The van der Waals surface area contributed by atoms with Crippen molar-refractivity contribution in [2.45, 2.75) is 6.54 Å². The molecule has 3 rings (SSSR count). The topological polar surface area (TPSA) is 38.6 Å². The average Bonchev–Trinajstić information content (AvgIpc) is 2.81. The predicted octanol–water partition coefficient (Wildman–Crippen LogP) is 4.37. The van der Waals surface area contributed by atoms with Crippen molar-refractivity contribution in [3.05, 3.63) is 57.2 Å². The van der Waals surface area contributed by atoms with E-state index in [-0.39, 0.29) is 0 Å². The molecule has 21 heavy (non-hydrogen) atoms. The van der Waals surface area contributed by atoms with Gasteiger partial charge in [-0.25, -0.2) is 0 Å². The Morgan fingerprint density at radius 1 is 1.24 bits per heavy atom. The Kier molecular flexibility index (Phi) is 4.28. The van der Waals surface area contributed by atoms with Gasteiger partial charge in [-0.3, -0.25) is 4.40 Å². The maximum Gasteiger partial charge on any atom is 0.242 e. The summed E-state index contributed by atoms with van der Waals surface area (Å²) in [7, 11) is 1.90. The van der Waals surface area contributed by atoms with E-state index in [1.807, 2.05) is 54.0 Å². The number of hydrogen-bond donors (Lipinski definition) is 1. The lowest BCUT2D eigenvalue weighted by molar-refractivity contribution is 0.454. The van der Waals surface area contributed by atoms with Gasteiger partial charge in [0.05, 0.1) is 4.47 Å². The lowest BCUT2D eigenvalue weighted by atomic mass is 10.3. The number of nitrogens with zero attached hydrogens (tertiary/aromatic N) is 2. The number of halogens is 2. The SMILES string of the molecule is CNCc1c(Oc2ccc(Br)cc2Br)nc2ccccn12. The monoisotopic (exact) mass is 409 g/mol. The van der Waals surface area contributed by atoms with Gasteiger partial charge < -0.3 is 10.1 Å².